The monoisotopic (exact) mass is 561 g/mol. The summed E-state index contributed by atoms with van der Waals surface area (Å²) < 4.78 is 40.8. The molecule has 41 heavy (non-hydrogen) atoms. The fourth-order valence-corrected chi connectivity index (χ4v) is 5.48. The molecule has 3 aromatic carbocycles. The molecule has 0 amide bonds. The summed E-state index contributed by atoms with van der Waals surface area (Å²) in [7, 11) is 6.01. The second-order valence-electron chi connectivity index (χ2n) is 10.1. The first-order chi connectivity index (χ1) is 19.7. The predicted octanol–water partition coefficient (Wildman–Crippen LogP) is 4.83. The average Bonchev–Trinajstić information content (AvgIpc) is 3.45. The summed E-state index contributed by atoms with van der Waals surface area (Å²) in [5, 5.41) is 21.3. The highest BCUT2D eigenvalue weighted by atomic mass is 16.7. The van der Waals surface area contributed by atoms with Crippen molar-refractivity contribution in [2.24, 2.45) is 5.92 Å². The Labute approximate surface area is 237 Å². The van der Waals surface area contributed by atoms with Crippen molar-refractivity contribution < 1.29 is 43.1 Å². The van der Waals surface area contributed by atoms with Crippen LogP contribution >= 0.6 is 0 Å². The molecule has 5 rings (SSSR count). The zero-order valence-corrected chi connectivity index (χ0v) is 23.7. The molecule has 0 aromatic heterocycles. The van der Waals surface area contributed by atoms with Gasteiger partial charge in [0, 0.05) is 16.7 Å². The number of hydrogen-bond acceptors (Lipinski definition) is 10. The van der Waals surface area contributed by atoms with Gasteiger partial charge in [0.2, 0.25) is 18.3 Å². The van der Waals surface area contributed by atoms with E-state index in [9.17, 15) is 9.90 Å². The first-order valence-corrected chi connectivity index (χ1v) is 13.0. The summed E-state index contributed by atoms with van der Waals surface area (Å²) in [4.78, 5) is 13.5. The second-order valence-corrected chi connectivity index (χ2v) is 10.1. The normalized spacial score (nSPS) is 20.4. The summed E-state index contributed by atoms with van der Waals surface area (Å²) in [5.41, 5.74) is 1.40. The fraction of sp³-hybridized carbons (Fsp3) is 0.355. The van der Waals surface area contributed by atoms with Crippen molar-refractivity contribution in [2.75, 3.05) is 35.2 Å². The number of aliphatic hydroxyl groups is 1. The van der Waals surface area contributed by atoms with Crippen LogP contribution in [0.4, 0.5) is 0 Å². The van der Waals surface area contributed by atoms with E-state index in [1.807, 2.05) is 19.1 Å². The third-order valence-corrected chi connectivity index (χ3v) is 7.83. The number of benzene rings is 3. The Morgan fingerprint density at radius 3 is 2.27 bits per heavy atom. The SMILES string of the molecule is COc1cc2c(c(OC)c1OC)-c1c(cc3c(c1OC)OCO3)C[C@H](C)[C@](C)(O)[C@H]2OC(=O)c1ccc(C#N)cc1. The molecule has 0 fully saturated rings. The van der Waals surface area contributed by atoms with E-state index in [1.165, 1.54) is 52.7 Å². The van der Waals surface area contributed by atoms with Gasteiger partial charge < -0.3 is 38.3 Å². The molecule has 3 atom stereocenters. The van der Waals surface area contributed by atoms with E-state index in [1.54, 1.807) is 13.0 Å². The highest BCUT2D eigenvalue weighted by Gasteiger charge is 2.47. The van der Waals surface area contributed by atoms with Crippen LogP contribution in [0, 0.1) is 17.2 Å². The third kappa shape index (κ3) is 4.52. The van der Waals surface area contributed by atoms with Crippen LogP contribution in [0.1, 0.15) is 47.0 Å². The minimum atomic E-state index is -1.57. The van der Waals surface area contributed by atoms with Crippen LogP contribution in [-0.2, 0) is 11.2 Å². The Balaban J connectivity index is 1.83. The van der Waals surface area contributed by atoms with E-state index in [2.05, 4.69) is 0 Å². The van der Waals surface area contributed by atoms with E-state index >= 15 is 0 Å². The van der Waals surface area contributed by atoms with Gasteiger partial charge in [-0.25, -0.2) is 4.79 Å². The van der Waals surface area contributed by atoms with Gasteiger partial charge in [-0.15, -0.1) is 0 Å². The Morgan fingerprint density at radius 1 is 0.976 bits per heavy atom. The molecule has 10 nitrogen and oxygen atoms in total. The zero-order valence-electron chi connectivity index (χ0n) is 23.7. The Morgan fingerprint density at radius 2 is 1.66 bits per heavy atom. The number of methoxy groups -OCH3 is 4. The van der Waals surface area contributed by atoms with Gasteiger partial charge in [-0.3, -0.25) is 0 Å². The highest BCUT2D eigenvalue weighted by molar-refractivity contribution is 5.91. The van der Waals surface area contributed by atoms with Crippen molar-refractivity contribution in [3.05, 3.63) is 58.7 Å². The van der Waals surface area contributed by atoms with Gasteiger partial charge in [0.15, 0.2) is 29.1 Å². The lowest BCUT2D eigenvalue weighted by Gasteiger charge is -2.41. The number of ether oxygens (including phenoxy) is 7. The number of carbonyl (C=O) groups excluding carboxylic acids is 1. The van der Waals surface area contributed by atoms with Gasteiger partial charge >= 0.3 is 5.97 Å². The molecule has 1 heterocycles. The quantitative estimate of drug-likeness (QED) is 0.418. The van der Waals surface area contributed by atoms with Crippen molar-refractivity contribution in [2.45, 2.75) is 32.0 Å². The molecule has 2 aliphatic rings. The number of nitrogens with zero attached hydrogens (tertiary/aromatic N) is 1. The standard InChI is InChI=1S/C31H31NO9/c1-16-11-19-12-22-26(40-15-39-22)27(37-5)23(19)24-20(13-21(35-3)25(36-4)28(24)38-6)29(31(16,2)34)41-30(33)18-9-7-17(14-32)8-10-18/h7-10,12-13,16,29,34H,11,15H2,1-6H3/t16-,29-,31-/m0/s1. The number of nitriles is 1. The van der Waals surface area contributed by atoms with Crippen LogP contribution in [0.5, 0.6) is 34.5 Å². The van der Waals surface area contributed by atoms with Crippen molar-refractivity contribution >= 4 is 5.97 Å². The van der Waals surface area contributed by atoms with E-state index in [-0.39, 0.29) is 12.4 Å². The number of carbonyl (C=O) groups is 1. The Hall–Kier alpha value is -4.62. The van der Waals surface area contributed by atoms with E-state index in [0.717, 1.165) is 5.56 Å². The maximum absolute atomic E-state index is 13.5. The van der Waals surface area contributed by atoms with Gasteiger partial charge in [0.1, 0.15) is 5.60 Å². The highest BCUT2D eigenvalue weighted by Crippen LogP contribution is 2.59. The minimum absolute atomic E-state index is 0.0304. The molecule has 10 heteroatoms. The van der Waals surface area contributed by atoms with Gasteiger partial charge in [-0.2, -0.15) is 5.26 Å². The number of fused-ring (bicyclic) bond motifs is 4. The average molecular weight is 562 g/mol. The smallest absolute Gasteiger partial charge is 0.338 e. The van der Waals surface area contributed by atoms with Crippen molar-refractivity contribution in [1.29, 1.82) is 5.26 Å². The summed E-state index contributed by atoms with van der Waals surface area (Å²) in [6.07, 6.45) is -0.815. The van der Waals surface area contributed by atoms with Crippen LogP contribution in [0.3, 0.4) is 0 Å². The Bertz CT molecular complexity index is 1540. The molecule has 1 N–H and O–H groups in total. The lowest BCUT2D eigenvalue weighted by atomic mass is 9.73. The van der Waals surface area contributed by atoms with Crippen LogP contribution in [0.2, 0.25) is 0 Å². The second kappa shape index (κ2) is 10.7. The van der Waals surface area contributed by atoms with Gasteiger partial charge in [-0.05, 0) is 61.2 Å². The Kier molecular flexibility index (Phi) is 7.32. The maximum Gasteiger partial charge on any atom is 0.338 e. The van der Waals surface area contributed by atoms with Gasteiger partial charge in [0.25, 0.3) is 0 Å². The largest absolute Gasteiger partial charge is 0.493 e. The summed E-state index contributed by atoms with van der Waals surface area (Å²) in [5.74, 6) is 1.19. The molecule has 0 bridgehead atoms. The molecule has 3 aromatic rings. The molecular formula is C31H31NO9. The summed E-state index contributed by atoms with van der Waals surface area (Å²) in [6.45, 7) is 3.55. The first-order valence-electron chi connectivity index (χ1n) is 13.0. The molecular weight excluding hydrogens is 530 g/mol. The van der Waals surface area contributed by atoms with Crippen LogP contribution < -0.4 is 28.4 Å². The van der Waals surface area contributed by atoms with Crippen LogP contribution in [0.15, 0.2) is 36.4 Å². The molecule has 214 valence electrons. The molecule has 1 aliphatic carbocycles. The maximum atomic E-state index is 13.5. The van der Waals surface area contributed by atoms with E-state index in [0.29, 0.717) is 63.2 Å². The number of esters is 1. The number of rotatable bonds is 6. The predicted molar refractivity (Wildman–Crippen MR) is 147 cm³/mol. The molecule has 0 saturated carbocycles. The van der Waals surface area contributed by atoms with E-state index in [4.69, 9.17) is 38.4 Å². The molecule has 0 saturated heterocycles. The molecule has 1 aliphatic heterocycles. The lowest BCUT2D eigenvalue weighted by Crippen LogP contribution is -2.43. The van der Waals surface area contributed by atoms with Gasteiger partial charge in [0.05, 0.1) is 45.6 Å². The van der Waals surface area contributed by atoms with Gasteiger partial charge in [-0.1, -0.05) is 6.92 Å². The molecule has 0 radical (unpaired) electrons. The van der Waals surface area contributed by atoms with Crippen molar-refractivity contribution in [3.8, 4) is 51.7 Å². The molecule has 0 spiro atoms. The summed E-state index contributed by atoms with van der Waals surface area (Å²) in [6, 6.07) is 11.7. The summed E-state index contributed by atoms with van der Waals surface area (Å²) >= 11 is 0. The van der Waals surface area contributed by atoms with Crippen LogP contribution in [-0.4, -0.2) is 51.9 Å². The minimum Gasteiger partial charge on any atom is -0.493 e. The van der Waals surface area contributed by atoms with Crippen LogP contribution in [0.25, 0.3) is 11.1 Å². The molecule has 0 unspecified atom stereocenters. The first kappa shape index (κ1) is 27.9. The topological polar surface area (TPSA) is 126 Å². The zero-order chi connectivity index (χ0) is 29.5. The number of hydrogen-bond donors (Lipinski definition) is 1. The lowest BCUT2D eigenvalue weighted by molar-refractivity contribution is -0.107. The third-order valence-electron chi connectivity index (χ3n) is 7.83. The van der Waals surface area contributed by atoms with Crippen molar-refractivity contribution in [1.82, 2.24) is 0 Å². The van der Waals surface area contributed by atoms with E-state index < -0.39 is 23.6 Å². The van der Waals surface area contributed by atoms with Crippen molar-refractivity contribution in [3.63, 3.8) is 0 Å². The fourth-order valence-electron chi connectivity index (χ4n) is 5.48.